The summed E-state index contributed by atoms with van der Waals surface area (Å²) in [5, 5.41) is 9.43. The van der Waals surface area contributed by atoms with E-state index in [1.165, 1.54) is 30.7 Å². The van der Waals surface area contributed by atoms with E-state index in [4.69, 9.17) is 9.15 Å². The second-order valence-electron chi connectivity index (χ2n) is 5.46. The number of thioether (sulfide) groups is 1. The van der Waals surface area contributed by atoms with Crippen LogP contribution in [0, 0.1) is 6.92 Å². The van der Waals surface area contributed by atoms with Crippen LogP contribution in [-0.2, 0) is 17.0 Å². The minimum absolute atomic E-state index is 0.401. The number of hydrogen-bond donors (Lipinski definition) is 0. The number of ether oxygens (including phenoxy) is 1. The fourth-order valence-corrected chi connectivity index (χ4v) is 3.51. The molecule has 0 amide bonds. The third kappa shape index (κ3) is 3.61. The summed E-state index contributed by atoms with van der Waals surface area (Å²) in [4.78, 5) is 11.7. The second-order valence-corrected chi connectivity index (χ2v) is 6.40. The Labute approximate surface area is 150 Å². The average Bonchev–Trinajstić information content (AvgIpc) is 3.25. The number of rotatable bonds is 6. The van der Waals surface area contributed by atoms with Gasteiger partial charge in [0.25, 0.3) is 0 Å². The molecule has 2 aromatic heterocycles. The lowest BCUT2D eigenvalue weighted by atomic mass is 10.1. The smallest absolute Gasteiger partial charge is 0.341 e. The summed E-state index contributed by atoms with van der Waals surface area (Å²) in [7, 11) is 1.36. The molecule has 3 rings (SSSR count). The molecule has 0 aliphatic carbocycles. The van der Waals surface area contributed by atoms with Gasteiger partial charge < -0.3 is 13.7 Å². The van der Waals surface area contributed by atoms with E-state index < -0.39 is 5.97 Å². The van der Waals surface area contributed by atoms with Crippen molar-refractivity contribution in [3.63, 3.8) is 0 Å². The molecule has 130 valence electrons. The zero-order chi connectivity index (χ0) is 17.8. The van der Waals surface area contributed by atoms with Gasteiger partial charge in [-0.3, -0.25) is 0 Å². The molecule has 0 unspecified atom stereocenters. The molecule has 0 aliphatic heterocycles. The molecule has 3 aromatic rings. The summed E-state index contributed by atoms with van der Waals surface area (Å²) < 4.78 is 12.2. The Bertz CT molecular complexity index is 885. The highest BCUT2D eigenvalue weighted by Gasteiger charge is 2.18. The van der Waals surface area contributed by atoms with Gasteiger partial charge in [0.2, 0.25) is 0 Å². The predicted octanol–water partition coefficient (Wildman–Crippen LogP) is 3.95. The van der Waals surface area contributed by atoms with E-state index in [-0.39, 0.29) is 0 Å². The summed E-state index contributed by atoms with van der Waals surface area (Å²) >= 11 is 1.48. The quantitative estimate of drug-likeness (QED) is 0.491. The molecule has 1 aromatic carbocycles. The molecule has 0 spiro atoms. The number of nitrogens with zero attached hydrogens (tertiary/aromatic N) is 3. The number of methoxy groups -OCH3 is 1. The Morgan fingerprint density at radius 1 is 1.32 bits per heavy atom. The maximum Gasteiger partial charge on any atom is 0.341 e. The maximum absolute atomic E-state index is 11.7. The van der Waals surface area contributed by atoms with E-state index in [0.29, 0.717) is 17.1 Å². The molecule has 6 nitrogen and oxygen atoms in total. The highest BCUT2D eigenvalue weighted by Crippen LogP contribution is 2.28. The number of aromatic nitrogens is 3. The standard InChI is InChI=1S/C18H19N3O3S/c1-4-21-16(13-7-5-6-12(2)10-13)19-20-18(21)25-11-15-14(8-9-24-15)17(22)23-3/h5-10H,4,11H2,1-3H3. The van der Waals surface area contributed by atoms with Gasteiger partial charge in [0.1, 0.15) is 11.3 Å². The third-order valence-electron chi connectivity index (χ3n) is 3.79. The van der Waals surface area contributed by atoms with Crippen molar-refractivity contribution in [2.24, 2.45) is 0 Å². The summed E-state index contributed by atoms with van der Waals surface area (Å²) in [6.07, 6.45) is 1.49. The molecular weight excluding hydrogens is 338 g/mol. The summed E-state index contributed by atoms with van der Waals surface area (Å²) in [5.74, 6) is 1.48. The lowest BCUT2D eigenvalue weighted by Gasteiger charge is -2.07. The van der Waals surface area contributed by atoms with E-state index in [1.54, 1.807) is 6.07 Å². The van der Waals surface area contributed by atoms with Crippen LogP contribution in [0.3, 0.4) is 0 Å². The van der Waals surface area contributed by atoms with Gasteiger partial charge in [0.15, 0.2) is 11.0 Å². The van der Waals surface area contributed by atoms with Gasteiger partial charge in [-0.1, -0.05) is 35.5 Å². The number of esters is 1. The van der Waals surface area contributed by atoms with Crippen molar-refractivity contribution in [3.05, 3.63) is 53.5 Å². The number of benzene rings is 1. The van der Waals surface area contributed by atoms with Gasteiger partial charge in [-0.05, 0) is 26.0 Å². The molecule has 0 saturated heterocycles. The van der Waals surface area contributed by atoms with Gasteiger partial charge in [-0.25, -0.2) is 4.79 Å². The van der Waals surface area contributed by atoms with Crippen LogP contribution in [0.25, 0.3) is 11.4 Å². The topological polar surface area (TPSA) is 70.2 Å². The largest absolute Gasteiger partial charge is 0.468 e. The van der Waals surface area contributed by atoms with Crippen molar-refractivity contribution in [1.29, 1.82) is 0 Å². The second kappa shape index (κ2) is 7.57. The van der Waals surface area contributed by atoms with E-state index in [1.807, 2.05) is 12.1 Å². The van der Waals surface area contributed by atoms with Crippen LogP contribution in [0.15, 0.2) is 46.2 Å². The van der Waals surface area contributed by atoms with Crippen LogP contribution in [0.5, 0.6) is 0 Å². The van der Waals surface area contributed by atoms with Crippen molar-refractivity contribution >= 4 is 17.7 Å². The van der Waals surface area contributed by atoms with E-state index >= 15 is 0 Å². The minimum Gasteiger partial charge on any atom is -0.468 e. The van der Waals surface area contributed by atoms with Crippen molar-refractivity contribution in [3.8, 4) is 11.4 Å². The minimum atomic E-state index is -0.401. The number of aryl methyl sites for hydroxylation is 1. The zero-order valence-electron chi connectivity index (χ0n) is 14.4. The fraction of sp³-hybridized carbons (Fsp3) is 0.278. The zero-order valence-corrected chi connectivity index (χ0v) is 15.2. The van der Waals surface area contributed by atoms with Crippen molar-refractivity contribution in [1.82, 2.24) is 14.8 Å². The first-order valence-corrected chi connectivity index (χ1v) is 8.90. The van der Waals surface area contributed by atoms with Crippen molar-refractivity contribution in [2.45, 2.75) is 31.3 Å². The van der Waals surface area contributed by atoms with Crippen molar-refractivity contribution in [2.75, 3.05) is 7.11 Å². The molecule has 0 N–H and O–H groups in total. The van der Waals surface area contributed by atoms with Crippen LogP contribution >= 0.6 is 11.8 Å². The van der Waals surface area contributed by atoms with Gasteiger partial charge in [-0.15, -0.1) is 10.2 Å². The Morgan fingerprint density at radius 3 is 2.88 bits per heavy atom. The van der Waals surface area contributed by atoms with E-state index in [9.17, 15) is 4.79 Å². The van der Waals surface area contributed by atoms with Crippen LogP contribution < -0.4 is 0 Å². The fourth-order valence-electron chi connectivity index (χ4n) is 2.55. The van der Waals surface area contributed by atoms with Gasteiger partial charge in [-0.2, -0.15) is 0 Å². The first-order valence-electron chi connectivity index (χ1n) is 7.91. The number of carbonyl (C=O) groups is 1. The summed E-state index contributed by atoms with van der Waals surface area (Å²) in [5.41, 5.74) is 2.65. The summed E-state index contributed by atoms with van der Waals surface area (Å²) in [6.45, 7) is 4.86. The Morgan fingerprint density at radius 2 is 2.16 bits per heavy atom. The molecule has 0 bridgehead atoms. The van der Waals surface area contributed by atoms with Crippen LogP contribution in [-0.4, -0.2) is 27.8 Å². The van der Waals surface area contributed by atoms with Gasteiger partial charge >= 0.3 is 5.97 Å². The SMILES string of the molecule is CCn1c(SCc2occc2C(=O)OC)nnc1-c1cccc(C)c1. The lowest BCUT2D eigenvalue weighted by Crippen LogP contribution is -2.03. The normalized spacial score (nSPS) is 10.8. The number of hydrogen-bond acceptors (Lipinski definition) is 6. The molecule has 0 saturated carbocycles. The molecule has 0 atom stereocenters. The molecule has 7 heteroatoms. The highest BCUT2D eigenvalue weighted by molar-refractivity contribution is 7.98. The number of carbonyl (C=O) groups excluding carboxylic acids is 1. The van der Waals surface area contributed by atoms with E-state index in [0.717, 1.165) is 23.1 Å². The van der Waals surface area contributed by atoms with Crippen molar-refractivity contribution < 1.29 is 13.9 Å². The van der Waals surface area contributed by atoms with Crippen LogP contribution in [0.4, 0.5) is 0 Å². The maximum atomic E-state index is 11.7. The Kier molecular flexibility index (Phi) is 5.23. The van der Waals surface area contributed by atoms with Crippen LogP contribution in [0.1, 0.15) is 28.6 Å². The molecule has 0 aliphatic rings. The molecule has 2 heterocycles. The number of furan rings is 1. The van der Waals surface area contributed by atoms with Gasteiger partial charge in [0.05, 0.1) is 19.1 Å². The first kappa shape index (κ1) is 17.3. The van der Waals surface area contributed by atoms with Crippen LogP contribution in [0.2, 0.25) is 0 Å². The molecule has 25 heavy (non-hydrogen) atoms. The Hall–Kier alpha value is -2.54. The summed E-state index contributed by atoms with van der Waals surface area (Å²) in [6, 6.07) is 9.80. The molecule has 0 radical (unpaired) electrons. The lowest BCUT2D eigenvalue weighted by molar-refractivity contribution is 0.0598. The Balaban J connectivity index is 1.83. The molecule has 0 fully saturated rings. The van der Waals surface area contributed by atoms with E-state index in [2.05, 4.69) is 40.7 Å². The predicted molar refractivity (Wildman–Crippen MR) is 95.5 cm³/mol. The average molecular weight is 357 g/mol. The first-order chi connectivity index (χ1) is 12.1. The third-order valence-corrected chi connectivity index (χ3v) is 4.76. The monoisotopic (exact) mass is 357 g/mol. The van der Waals surface area contributed by atoms with Gasteiger partial charge in [0, 0.05) is 12.1 Å². The molecular formula is C18H19N3O3S. The highest BCUT2D eigenvalue weighted by atomic mass is 32.2.